The molecule has 1 saturated carbocycles. The Kier molecular flexibility index (Phi) is 7.74. The quantitative estimate of drug-likeness (QED) is 0.549. The van der Waals surface area contributed by atoms with Gasteiger partial charge in [0.15, 0.2) is 0 Å². The molecule has 0 aromatic heterocycles. The van der Waals surface area contributed by atoms with Crippen molar-refractivity contribution in [3.8, 4) is 0 Å². The molecule has 0 radical (unpaired) electrons. The molecule has 1 aliphatic rings. The van der Waals surface area contributed by atoms with Gasteiger partial charge in [-0.05, 0) is 69.7 Å². The molecule has 3 N–H and O–H groups in total. The maximum Gasteiger partial charge on any atom is 0.336 e. The van der Waals surface area contributed by atoms with Crippen molar-refractivity contribution in [1.82, 2.24) is 5.32 Å². The van der Waals surface area contributed by atoms with Gasteiger partial charge in [-0.2, -0.15) is 0 Å². The van der Waals surface area contributed by atoms with E-state index in [9.17, 15) is 9.90 Å². The van der Waals surface area contributed by atoms with E-state index in [4.69, 9.17) is 16.3 Å². The van der Waals surface area contributed by atoms with Crippen LogP contribution in [0.4, 0.5) is 5.69 Å². The number of benzene rings is 1. The highest BCUT2D eigenvalue weighted by atomic mass is 35.5. The molecule has 5 nitrogen and oxygen atoms in total. The molecular formula is C20H31ClN2O3. The lowest BCUT2D eigenvalue weighted by atomic mass is 9.77. The van der Waals surface area contributed by atoms with E-state index >= 15 is 0 Å². The molecule has 0 aliphatic heterocycles. The molecule has 0 atom stereocenters. The number of aromatic carboxylic acids is 1. The van der Waals surface area contributed by atoms with Gasteiger partial charge in [-0.25, -0.2) is 4.79 Å². The normalized spacial score (nSPS) is 23.0. The number of halogens is 1. The zero-order valence-corrected chi connectivity index (χ0v) is 16.8. The first-order valence-electron chi connectivity index (χ1n) is 9.44. The summed E-state index contributed by atoms with van der Waals surface area (Å²) >= 11 is 6.15. The Labute approximate surface area is 161 Å². The van der Waals surface area contributed by atoms with Crippen molar-refractivity contribution in [1.29, 1.82) is 0 Å². The van der Waals surface area contributed by atoms with E-state index in [1.165, 1.54) is 6.07 Å². The fraction of sp³-hybridized carbons (Fsp3) is 0.650. The van der Waals surface area contributed by atoms with Crippen molar-refractivity contribution in [2.75, 3.05) is 25.6 Å². The zero-order chi connectivity index (χ0) is 19.2. The molecule has 26 heavy (non-hydrogen) atoms. The summed E-state index contributed by atoms with van der Waals surface area (Å²) in [6.07, 6.45) is 6.36. The molecule has 1 aromatic carbocycles. The number of anilines is 1. The third-order valence-corrected chi connectivity index (χ3v) is 5.80. The number of methoxy groups -OCH3 is 1. The first kappa shape index (κ1) is 21.0. The molecule has 6 heteroatoms. The van der Waals surface area contributed by atoms with E-state index < -0.39 is 5.97 Å². The summed E-state index contributed by atoms with van der Waals surface area (Å²) in [5.41, 5.74) is 1.84. The second-order valence-electron chi connectivity index (χ2n) is 7.26. The summed E-state index contributed by atoms with van der Waals surface area (Å²) in [6, 6.07) is 3.91. The number of nitrogens with one attached hydrogen (secondary N) is 2. The van der Waals surface area contributed by atoms with Gasteiger partial charge in [0, 0.05) is 36.0 Å². The van der Waals surface area contributed by atoms with Crippen LogP contribution in [0.1, 0.15) is 61.4 Å². The highest BCUT2D eigenvalue weighted by molar-refractivity contribution is 6.31. The fourth-order valence-corrected chi connectivity index (χ4v) is 4.00. The van der Waals surface area contributed by atoms with Crippen LogP contribution in [0.3, 0.4) is 0 Å². The number of hydrogen-bond acceptors (Lipinski definition) is 4. The lowest BCUT2D eigenvalue weighted by Crippen LogP contribution is -2.46. The first-order valence-corrected chi connectivity index (χ1v) is 9.82. The number of carbonyl (C=O) groups is 1. The van der Waals surface area contributed by atoms with Crippen LogP contribution in [0.15, 0.2) is 12.1 Å². The number of rotatable bonds is 9. The summed E-state index contributed by atoms with van der Waals surface area (Å²) in [5, 5.41) is 17.1. The van der Waals surface area contributed by atoms with E-state index in [-0.39, 0.29) is 11.1 Å². The van der Waals surface area contributed by atoms with Crippen LogP contribution in [0, 0.1) is 6.92 Å². The van der Waals surface area contributed by atoms with Crippen molar-refractivity contribution in [3.05, 3.63) is 28.3 Å². The molecule has 0 bridgehead atoms. The Bertz CT molecular complexity index is 613. The SMILES string of the molecule is CC[C@]1(Nc2cc(Cl)cc(C(=O)O)c2C)CC[C@@H](NCCCOC)CC1. The molecule has 0 spiro atoms. The lowest BCUT2D eigenvalue weighted by Gasteiger charge is -2.42. The summed E-state index contributed by atoms with van der Waals surface area (Å²) in [4.78, 5) is 11.5. The van der Waals surface area contributed by atoms with Crippen LogP contribution >= 0.6 is 11.6 Å². The smallest absolute Gasteiger partial charge is 0.336 e. The maximum absolute atomic E-state index is 11.5. The van der Waals surface area contributed by atoms with Crippen LogP contribution in [0.5, 0.6) is 0 Å². The monoisotopic (exact) mass is 382 g/mol. The molecule has 0 amide bonds. The van der Waals surface area contributed by atoms with Crippen LogP contribution in [-0.2, 0) is 4.74 Å². The minimum absolute atomic E-state index is 0.00404. The lowest BCUT2D eigenvalue weighted by molar-refractivity contribution is 0.0696. The van der Waals surface area contributed by atoms with E-state index in [1.54, 1.807) is 7.11 Å². The summed E-state index contributed by atoms with van der Waals surface area (Å²) in [7, 11) is 1.73. The largest absolute Gasteiger partial charge is 0.478 e. The second kappa shape index (κ2) is 9.58. The summed E-state index contributed by atoms with van der Waals surface area (Å²) < 4.78 is 5.09. The minimum atomic E-state index is -0.942. The molecular weight excluding hydrogens is 352 g/mol. The first-order chi connectivity index (χ1) is 12.4. The Morgan fingerprint density at radius 1 is 1.38 bits per heavy atom. The van der Waals surface area contributed by atoms with Gasteiger partial charge in [-0.15, -0.1) is 0 Å². The van der Waals surface area contributed by atoms with Gasteiger partial charge in [-0.3, -0.25) is 0 Å². The van der Waals surface area contributed by atoms with Crippen LogP contribution in [-0.4, -0.2) is 42.9 Å². The molecule has 0 heterocycles. The van der Waals surface area contributed by atoms with Crippen LogP contribution in [0.2, 0.25) is 5.02 Å². The van der Waals surface area contributed by atoms with Gasteiger partial charge >= 0.3 is 5.97 Å². The number of hydrogen-bond donors (Lipinski definition) is 3. The van der Waals surface area contributed by atoms with Crippen molar-refractivity contribution in [2.24, 2.45) is 0 Å². The molecule has 2 rings (SSSR count). The van der Waals surface area contributed by atoms with Crippen molar-refractivity contribution in [2.45, 2.75) is 64.0 Å². The number of carboxylic acid groups (broad SMARTS) is 1. The van der Waals surface area contributed by atoms with Gasteiger partial charge in [0.25, 0.3) is 0 Å². The van der Waals surface area contributed by atoms with Gasteiger partial charge in [0.2, 0.25) is 0 Å². The third kappa shape index (κ3) is 5.35. The highest BCUT2D eigenvalue weighted by Crippen LogP contribution is 2.36. The number of ether oxygens (including phenoxy) is 1. The Hall–Kier alpha value is -1.30. The van der Waals surface area contributed by atoms with Gasteiger partial charge in [0.05, 0.1) is 5.56 Å². The van der Waals surface area contributed by atoms with Crippen LogP contribution < -0.4 is 10.6 Å². The van der Waals surface area contributed by atoms with Gasteiger partial charge in [-0.1, -0.05) is 18.5 Å². The van der Waals surface area contributed by atoms with Gasteiger partial charge in [0.1, 0.15) is 0 Å². The summed E-state index contributed by atoms with van der Waals surface area (Å²) in [5.74, 6) is -0.942. The molecule has 1 aromatic rings. The molecule has 1 aliphatic carbocycles. The van der Waals surface area contributed by atoms with E-state index in [0.717, 1.165) is 62.9 Å². The Morgan fingerprint density at radius 3 is 2.65 bits per heavy atom. The fourth-order valence-electron chi connectivity index (χ4n) is 3.78. The standard InChI is InChI=1S/C20H31ClN2O3/c1-4-20(8-6-16(7-9-20)22-10-5-11-26-3)23-18-13-15(21)12-17(14(18)2)19(24)25/h12-13,16,22-23H,4-11H2,1-3H3,(H,24,25)/t16-,20+. The second-order valence-corrected chi connectivity index (χ2v) is 7.70. The average molecular weight is 383 g/mol. The Morgan fingerprint density at radius 2 is 2.08 bits per heavy atom. The average Bonchev–Trinajstić information content (AvgIpc) is 2.62. The highest BCUT2D eigenvalue weighted by Gasteiger charge is 2.34. The maximum atomic E-state index is 11.5. The van der Waals surface area contributed by atoms with E-state index in [1.807, 2.05) is 13.0 Å². The minimum Gasteiger partial charge on any atom is -0.478 e. The van der Waals surface area contributed by atoms with Crippen molar-refractivity contribution >= 4 is 23.3 Å². The van der Waals surface area contributed by atoms with Gasteiger partial charge < -0.3 is 20.5 Å². The number of carboxylic acids is 1. The van der Waals surface area contributed by atoms with E-state index in [0.29, 0.717) is 11.1 Å². The van der Waals surface area contributed by atoms with Crippen LogP contribution in [0.25, 0.3) is 0 Å². The topological polar surface area (TPSA) is 70.6 Å². The van der Waals surface area contributed by atoms with Crippen molar-refractivity contribution < 1.29 is 14.6 Å². The molecule has 146 valence electrons. The van der Waals surface area contributed by atoms with Crippen molar-refractivity contribution in [3.63, 3.8) is 0 Å². The third-order valence-electron chi connectivity index (χ3n) is 5.58. The molecule has 0 saturated heterocycles. The van der Waals surface area contributed by atoms with E-state index in [2.05, 4.69) is 17.6 Å². The molecule has 0 unspecified atom stereocenters. The summed E-state index contributed by atoms with van der Waals surface area (Å²) in [6.45, 7) is 5.81. The predicted molar refractivity (Wildman–Crippen MR) is 107 cm³/mol. The Balaban J connectivity index is 2.03. The predicted octanol–water partition coefficient (Wildman–Crippen LogP) is 4.48. The zero-order valence-electron chi connectivity index (χ0n) is 16.0. The molecule has 1 fully saturated rings.